The summed E-state index contributed by atoms with van der Waals surface area (Å²) in [6, 6.07) is 5.36. The number of carbonyl (C=O) groups excluding carboxylic acids is 1. The Morgan fingerprint density at radius 2 is 1.78 bits per heavy atom. The summed E-state index contributed by atoms with van der Waals surface area (Å²) in [6.45, 7) is 3.50. The van der Waals surface area contributed by atoms with Crippen LogP contribution in [-0.4, -0.2) is 25.6 Å². The summed E-state index contributed by atoms with van der Waals surface area (Å²) >= 11 is 0. The molecule has 0 N–H and O–H groups in total. The van der Waals surface area contributed by atoms with Gasteiger partial charge in [0.15, 0.2) is 17.1 Å². The number of ketones is 1. The third kappa shape index (κ3) is 1.94. The Morgan fingerprint density at radius 3 is 2.28 bits per heavy atom. The number of hydrogen-bond acceptors (Lipinski definition) is 4. The van der Waals surface area contributed by atoms with Crippen LogP contribution in [0.2, 0.25) is 0 Å². The van der Waals surface area contributed by atoms with Gasteiger partial charge in [-0.25, -0.2) is 0 Å². The third-order valence-corrected chi connectivity index (χ3v) is 2.96. The maximum absolute atomic E-state index is 12.1. The summed E-state index contributed by atoms with van der Waals surface area (Å²) in [5.41, 5.74) is 0.534. The molecular formula is C14H16O4. The van der Waals surface area contributed by atoms with Crippen LogP contribution in [0, 0.1) is 0 Å². The van der Waals surface area contributed by atoms with E-state index in [4.69, 9.17) is 14.2 Å². The van der Waals surface area contributed by atoms with Crippen molar-refractivity contribution in [2.45, 2.75) is 19.4 Å². The Labute approximate surface area is 106 Å². The molecule has 0 radical (unpaired) electrons. The second-order valence-electron chi connectivity index (χ2n) is 4.56. The first-order chi connectivity index (χ1) is 8.49. The molecule has 1 aliphatic heterocycles. The Hall–Kier alpha value is -1.97. The lowest BCUT2D eigenvalue weighted by Gasteiger charge is -2.15. The molecule has 1 aliphatic rings. The molecule has 0 aromatic heterocycles. The highest BCUT2D eigenvalue weighted by Gasteiger charge is 2.37. The SMILES string of the molecule is COc1ccc(C2=COC(C)(C)C2=O)cc1OC. The fraction of sp³-hybridized carbons (Fsp3) is 0.357. The maximum atomic E-state index is 12.1. The molecule has 0 bridgehead atoms. The van der Waals surface area contributed by atoms with E-state index >= 15 is 0 Å². The van der Waals surface area contributed by atoms with Crippen LogP contribution in [0.15, 0.2) is 24.5 Å². The summed E-state index contributed by atoms with van der Waals surface area (Å²) in [7, 11) is 3.14. The first-order valence-electron chi connectivity index (χ1n) is 5.65. The van der Waals surface area contributed by atoms with Gasteiger partial charge in [-0.05, 0) is 31.5 Å². The highest BCUT2D eigenvalue weighted by Crippen LogP contribution is 2.35. The molecule has 1 aromatic carbocycles. The molecule has 0 fully saturated rings. The summed E-state index contributed by atoms with van der Waals surface area (Å²) in [5, 5.41) is 0. The van der Waals surface area contributed by atoms with Crippen LogP contribution >= 0.6 is 0 Å². The molecule has 0 unspecified atom stereocenters. The zero-order valence-electron chi connectivity index (χ0n) is 10.9. The van der Waals surface area contributed by atoms with Crippen molar-refractivity contribution in [2.24, 2.45) is 0 Å². The van der Waals surface area contributed by atoms with Gasteiger partial charge in [0, 0.05) is 0 Å². The summed E-state index contributed by atoms with van der Waals surface area (Å²) in [5.74, 6) is 1.19. The Morgan fingerprint density at radius 1 is 1.11 bits per heavy atom. The summed E-state index contributed by atoms with van der Waals surface area (Å²) in [6.07, 6.45) is 1.50. The molecule has 0 spiro atoms. The minimum Gasteiger partial charge on any atom is -0.493 e. The largest absolute Gasteiger partial charge is 0.493 e. The van der Waals surface area contributed by atoms with Gasteiger partial charge >= 0.3 is 0 Å². The summed E-state index contributed by atoms with van der Waals surface area (Å²) in [4.78, 5) is 12.1. The highest BCUT2D eigenvalue weighted by molar-refractivity contribution is 6.25. The number of ether oxygens (including phenoxy) is 3. The van der Waals surface area contributed by atoms with Crippen LogP contribution in [0.1, 0.15) is 19.4 Å². The normalized spacial score (nSPS) is 17.1. The van der Waals surface area contributed by atoms with Crippen molar-refractivity contribution < 1.29 is 19.0 Å². The molecule has 0 atom stereocenters. The molecule has 0 saturated carbocycles. The van der Waals surface area contributed by atoms with Gasteiger partial charge in [-0.1, -0.05) is 6.07 Å². The minimum atomic E-state index is -0.789. The Balaban J connectivity index is 2.39. The van der Waals surface area contributed by atoms with Gasteiger partial charge in [0.05, 0.1) is 26.1 Å². The van der Waals surface area contributed by atoms with E-state index in [0.29, 0.717) is 17.1 Å². The quantitative estimate of drug-likeness (QED) is 0.824. The number of rotatable bonds is 3. The lowest BCUT2D eigenvalue weighted by atomic mass is 9.94. The van der Waals surface area contributed by atoms with E-state index in [1.807, 2.05) is 6.07 Å². The van der Waals surface area contributed by atoms with E-state index in [-0.39, 0.29) is 5.78 Å². The van der Waals surface area contributed by atoms with Gasteiger partial charge in [0.1, 0.15) is 0 Å². The van der Waals surface area contributed by atoms with Gasteiger partial charge in [-0.15, -0.1) is 0 Å². The van der Waals surface area contributed by atoms with Crippen molar-refractivity contribution in [2.75, 3.05) is 14.2 Å². The highest BCUT2D eigenvalue weighted by atomic mass is 16.5. The molecule has 1 heterocycles. The van der Waals surface area contributed by atoms with Crippen LogP contribution in [0.4, 0.5) is 0 Å². The summed E-state index contributed by atoms with van der Waals surface area (Å²) < 4.78 is 15.7. The third-order valence-electron chi connectivity index (χ3n) is 2.96. The zero-order chi connectivity index (χ0) is 13.3. The van der Waals surface area contributed by atoms with Crippen molar-refractivity contribution in [3.63, 3.8) is 0 Å². The first-order valence-corrected chi connectivity index (χ1v) is 5.65. The van der Waals surface area contributed by atoms with Crippen molar-refractivity contribution in [3.05, 3.63) is 30.0 Å². The van der Waals surface area contributed by atoms with Gasteiger partial charge in [0.25, 0.3) is 0 Å². The Bertz CT molecular complexity index is 515. The van der Waals surface area contributed by atoms with Gasteiger partial charge in [-0.3, -0.25) is 4.79 Å². The predicted octanol–water partition coefficient (Wildman–Crippen LogP) is 2.42. The van der Waals surface area contributed by atoms with Crippen LogP contribution in [-0.2, 0) is 9.53 Å². The molecule has 96 valence electrons. The molecule has 4 nitrogen and oxygen atoms in total. The molecule has 4 heteroatoms. The van der Waals surface area contributed by atoms with Gasteiger partial charge in [-0.2, -0.15) is 0 Å². The lowest BCUT2D eigenvalue weighted by Crippen LogP contribution is -2.28. The number of hydrogen-bond donors (Lipinski definition) is 0. The average Bonchev–Trinajstić information content (AvgIpc) is 2.64. The van der Waals surface area contributed by atoms with E-state index in [1.165, 1.54) is 6.26 Å². The van der Waals surface area contributed by atoms with Crippen molar-refractivity contribution in [1.82, 2.24) is 0 Å². The van der Waals surface area contributed by atoms with Crippen LogP contribution < -0.4 is 9.47 Å². The molecule has 0 amide bonds. The second-order valence-corrected chi connectivity index (χ2v) is 4.56. The van der Waals surface area contributed by atoms with Gasteiger partial charge < -0.3 is 14.2 Å². The molecule has 18 heavy (non-hydrogen) atoms. The van der Waals surface area contributed by atoms with E-state index in [0.717, 1.165) is 5.56 Å². The second kappa shape index (κ2) is 4.37. The average molecular weight is 248 g/mol. The fourth-order valence-electron chi connectivity index (χ4n) is 1.84. The number of methoxy groups -OCH3 is 2. The van der Waals surface area contributed by atoms with Crippen molar-refractivity contribution >= 4 is 11.4 Å². The topological polar surface area (TPSA) is 44.8 Å². The molecular weight excluding hydrogens is 232 g/mol. The Kier molecular flexibility index (Phi) is 3.03. The van der Waals surface area contributed by atoms with Crippen LogP contribution in [0.3, 0.4) is 0 Å². The molecule has 1 aromatic rings. The molecule has 2 rings (SSSR count). The van der Waals surface area contributed by atoms with E-state index in [2.05, 4.69) is 0 Å². The van der Waals surface area contributed by atoms with E-state index < -0.39 is 5.60 Å². The van der Waals surface area contributed by atoms with Crippen LogP contribution in [0.5, 0.6) is 11.5 Å². The lowest BCUT2D eigenvalue weighted by molar-refractivity contribution is -0.125. The molecule has 0 saturated heterocycles. The minimum absolute atomic E-state index is 0.0327. The maximum Gasteiger partial charge on any atom is 0.209 e. The number of carbonyl (C=O) groups is 1. The van der Waals surface area contributed by atoms with Gasteiger partial charge in [0.2, 0.25) is 5.78 Å². The van der Waals surface area contributed by atoms with Crippen molar-refractivity contribution in [3.8, 4) is 11.5 Å². The van der Waals surface area contributed by atoms with Crippen LogP contribution in [0.25, 0.3) is 5.57 Å². The smallest absolute Gasteiger partial charge is 0.209 e. The first kappa shape index (κ1) is 12.5. The monoisotopic (exact) mass is 248 g/mol. The zero-order valence-corrected chi connectivity index (χ0v) is 10.9. The van der Waals surface area contributed by atoms with E-state index in [9.17, 15) is 4.79 Å². The predicted molar refractivity (Wildman–Crippen MR) is 67.7 cm³/mol. The number of Topliss-reactive ketones (excluding diaryl/α,β-unsaturated/α-hetero) is 1. The van der Waals surface area contributed by atoms with E-state index in [1.54, 1.807) is 40.2 Å². The standard InChI is InChI=1S/C14H16O4/c1-14(2)13(15)10(8-18-14)9-5-6-11(16-3)12(7-9)17-4/h5-8H,1-4H3. The number of benzene rings is 1. The molecule has 0 aliphatic carbocycles. The van der Waals surface area contributed by atoms with Crippen molar-refractivity contribution in [1.29, 1.82) is 0 Å². The fourth-order valence-corrected chi connectivity index (χ4v) is 1.84.